The number of hydrogen-bond donors (Lipinski definition) is 2. The first-order valence-electron chi connectivity index (χ1n) is 5.68. The standard InChI is InChI=1S/C13H17N3/c1-9-7-15-13(16-8-9)11-4-3-10(2)12(5-11)6-14/h3-5,9,13,15-16H,7-8H2,1-2H3. The summed E-state index contributed by atoms with van der Waals surface area (Å²) in [5, 5.41) is 15.9. The zero-order valence-electron chi connectivity index (χ0n) is 9.75. The zero-order chi connectivity index (χ0) is 11.5. The smallest absolute Gasteiger partial charge is 0.0994 e. The molecule has 1 saturated heterocycles. The van der Waals surface area contributed by atoms with Crippen molar-refractivity contribution in [2.24, 2.45) is 5.92 Å². The number of hydrogen-bond acceptors (Lipinski definition) is 3. The Hall–Kier alpha value is -1.37. The molecule has 2 rings (SSSR count). The van der Waals surface area contributed by atoms with Gasteiger partial charge in [-0.3, -0.25) is 10.6 Å². The van der Waals surface area contributed by atoms with Gasteiger partial charge in [-0.15, -0.1) is 0 Å². The van der Waals surface area contributed by atoms with Crippen LogP contribution < -0.4 is 10.6 Å². The van der Waals surface area contributed by atoms with Crippen molar-refractivity contribution >= 4 is 0 Å². The van der Waals surface area contributed by atoms with Gasteiger partial charge in [-0.25, -0.2) is 0 Å². The quantitative estimate of drug-likeness (QED) is 0.749. The summed E-state index contributed by atoms with van der Waals surface area (Å²) >= 11 is 0. The Labute approximate surface area is 96.5 Å². The van der Waals surface area contributed by atoms with Gasteiger partial charge < -0.3 is 0 Å². The highest BCUT2D eigenvalue weighted by Gasteiger charge is 2.18. The second-order valence-electron chi connectivity index (χ2n) is 4.54. The second-order valence-corrected chi connectivity index (χ2v) is 4.54. The lowest BCUT2D eigenvalue weighted by Gasteiger charge is -2.29. The average molecular weight is 215 g/mol. The minimum absolute atomic E-state index is 0.184. The minimum atomic E-state index is 0.184. The van der Waals surface area contributed by atoms with Crippen molar-refractivity contribution in [3.05, 3.63) is 34.9 Å². The first-order chi connectivity index (χ1) is 7.70. The van der Waals surface area contributed by atoms with Gasteiger partial charge in [-0.2, -0.15) is 5.26 Å². The van der Waals surface area contributed by atoms with E-state index in [1.54, 1.807) is 0 Å². The van der Waals surface area contributed by atoms with E-state index in [1.807, 2.05) is 19.1 Å². The summed E-state index contributed by atoms with van der Waals surface area (Å²) in [6.45, 7) is 6.22. The first kappa shape index (κ1) is 11.1. The van der Waals surface area contributed by atoms with Gasteiger partial charge in [0.1, 0.15) is 0 Å². The lowest BCUT2D eigenvalue weighted by molar-refractivity contribution is 0.314. The van der Waals surface area contributed by atoms with Crippen LogP contribution in [0.25, 0.3) is 0 Å². The first-order valence-corrected chi connectivity index (χ1v) is 5.68. The molecule has 0 unspecified atom stereocenters. The van der Waals surface area contributed by atoms with E-state index in [9.17, 15) is 0 Å². The second kappa shape index (κ2) is 4.65. The van der Waals surface area contributed by atoms with Crippen molar-refractivity contribution in [3.63, 3.8) is 0 Å². The largest absolute Gasteiger partial charge is 0.298 e. The molecule has 1 fully saturated rings. The minimum Gasteiger partial charge on any atom is -0.298 e. The Morgan fingerprint density at radius 2 is 2.00 bits per heavy atom. The summed E-state index contributed by atoms with van der Waals surface area (Å²) in [7, 11) is 0. The number of aryl methyl sites for hydroxylation is 1. The SMILES string of the molecule is Cc1ccc(C2NCC(C)CN2)cc1C#N. The molecule has 1 aliphatic rings. The van der Waals surface area contributed by atoms with Crippen LogP contribution in [0.1, 0.15) is 29.8 Å². The van der Waals surface area contributed by atoms with E-state index in [2.05, 4.69) is 29.7 Å². The van der Waals surface area contributed by atoms with E-state index in [0.29, 0.717) is 5.92 Å². The maximum atomic E-state index is 8.99. The molecule has 3 heteroatoms. The molecule has 16 heavy (non-hydrogen) atoms. The molecule has 0 atom stereocenters. The monoisotopic (exact) mass is 215 g/mol. The van der Waals surface area contributed by atoms with Crippen molar-refractivity contribution in [1.82, 2.24) is 10.6 Å². The Balaban J connectivity index is 2.18. The molecule has 2 N–H and O–H groups in total. The highest BCUT2D eigenvalue weighted by molar-refractivity contribution is 5.40. The third kappa shape index (κ3) is 2.24. The predicted molar refractivity (Wildman–Crippen MR) is 63.8 cm³/mol. The van der Waals surface area contributed by atoms with E-state index >= 15 is 0 Å². The fraction of sp³-hybridized carbons (Fsp3) is 0.462. The van der Waals surface area contributed by atoms with Gasteiger partial charge in [-0.05, 0) is 30.0 Å². The number of nitrogens with zero attached hydrogens (tertiary/aromatic N) is 1. The van der Waals surface area contributed by atoms with Crippen LogP contribution in [0.5, 0.6) is 0 Å². The summed E-state index contributed by atoms with van der Waals surface area (Å²) < 4.78 is 0. The van der Waals surface area contributed by atoms with Crippen molar-refractivity contribution in [2.45, 2.75) is 20.0 Å². The normalized spacial score (nSPS) is 25.1. The van der Waals surface area contributed by atoms with Gasteiger partial charge in [0.05, 0.1) is 17.8 Å². The van der Waals surface area contributed by atoms with Gasteiger partial charge in [0.25, 0.3) is 0 Å². The maximum absolute atomic E-state index is 8.99. The predicted octanol–water partition coefficient (Wildman–Crippen LogP) is 1.69. The van der Waals surface area contributed by atoms with Gasteiger partial charge in [-0.1, -0.05) is 19.1 Å². The van der Waals surface area contributed by atoms with Gasteiger partial charge in [0.2, 0.25) is 0 Å². The summed E-state index contributed by atoms with van der Waals surface area (Å²) in [4.78, 5) is 0. The van der Waals surface area contributed by atoms with Crippen molar-refractivity contribution in [2.75, 3.05) is 13.1 Å². The molecule has 0 saturated carbocycles. The molecule has 1 aromatic carbocycles. The molecule has 3 nitrogen and oxygen atoms in total. The molecule has 1 aliphatic heterocycles. The molecular formula is C13H17N3. The Morgan fingerprint density at radius 1 is 1.31 bits per heavy atom. The summed E-state index contributed by atoms with van der Waals surface area (Å²) in [5.74, 6) is 0.664. The number of rotatable bonds is 1. The van der Waals surface area contributed by atoms with Crippen LogP contribution in [0.2, 0.25) is 0 Å². The van der Waals surface area contributed by atoms with E-state index in [1.165, 1.54) is 0 Å². The maximum Gasteiger partial charge on any atom is 0.0994 e. The number of benzene rings is 1. The van der Waals surface area contributed by atoms with E-state index in [0.717, 1.165) is 29.8 Å². The molecular weight excluding hydrogens is 198 g/mol. The molecule has 84 valence electrons. The van der Waals surface area contributed by atoms with Crippen LogP contribution in [0.3, 0.4) is 0 Å². The number of nitriles is 1. The van der Waals surface area contributed by atoms with Crippen LogP contribution in [0, 0.1) is 24.2 Å². The summed E-state index contributed by atoms with van der Waals surface area (Å²) in [5.41, 5.74) is 2.95. The van der Waals surface area contributed by atoms with E-state index < -0.39 is 0 Å². The average Bonchev–Trinajstić information content (AvgIpc) is 2.31. The third-order valence-electron chi connectivity index (χ3n) is 3.06. The van der Waals surface area contributed by atoms with Gasteiger partial charge in [0, 0.05) is 13.1 Å². The zero-order valence-corrected chi connectivity index (χ0v) is 9.75. The molecule has 0 aliphatic carbocycles. The summed E-state index contributed by atoms with van der Waals surface area (Å²) in [6, 6.07) is 8.29. The topological polar surface area (TPSA) is 47.8 Å². The van der Waals surface area contributed by atoms with Crippen molar-refractivity contribution < 1.29 is 0 Å². The Bertz CT molecular complexity index is 412. The molecule has 1 heterocycles. The summed E-state index contributed by atoms with van der Waals surface area (Å²) in [6.07, 6.45) is 0.184. The van der Waals surface area contributed by atoms with Gasteiger partial charge >= 0.3 is 0 Å². The lowest BCUT2D eigenvalue weighted by atomic mass is 10.0. The van der Waals surface area contributed by atoms with Crippen molar-refractivity contribution in [3.8, 4) is 6.07 Å². The molecule has 0 spiro atoms. The van der Waals surface area contributed by atoms with Crippen LogP contribution >= 0.6 is 0 Å². The fourth-order valence-electron chi connectivity index (χ4n) is 1.96. The highest BCUT2D eigenvalue weighted by atomic mass is 15.1. The van der Waals surface area contributed by atoms with E-state index in [4.69, 9.17) is 5.26 Å². The molecule has 0 radical (unpaired) electrons. The molecule has 0 amide bonds. The molecule has 0 aromatic heterocycles. The Kier molecular flexibility index (Phi) is 3.23. The van der Waals surface area contributed by atoms with Crippen LogP contribution in [0.4, 0.5) is 0 Å². The van der Waals surface area contributed by atoms with Crippen molar-refractivity contribution in [1.29, 1.82) is 5.26 Å². The lowest BCUT2D eigenvalue weighted by Crippen LogP contribution is -2.45. The highest BCUT2D eigenvalue weighted by Crippen LogP contribution is 2.17. The van der Waals surface area contributed by atoms with Gasteiger partial charge in [0.15, 0.2) is 0 Å². The van der Waals surface area contributed by atoms with Crippen LogP contribution in [-0.4, -0.2) is 13.1 Å². The molecule has 1 aromatic rings. The Morgan fingerprint density at radius 3 is 2.62 bits per heavy atom. The van der Waals surface area contributed by atoms with E-state index in [-0.39, 0.29) is 6.17 Å². The third-order valence-corrected chi connectivity index (χ3v) is 3.06. The fourth-order valence-corrected chi connectivity index (χ4v) is 1.96. The molecule has 0 bridgehead atoms. The van der Waals surface area contributed by atoms with Crippen LogP contribution in [-0.2, 0) is 0 Å². The van der Waals surface area contributed by atoms with Crippen LogP contribution in [0.15, 0.2) is 18.2 Å². The number of nitrogens with one attached hydrogen (secondary N) is 2.